The largest absolute Gasteiger partial charge is 0.387 e. The lowest BCUT2D eigenvalue weighted by atomic mass is 10.1. The summed E-state index contributed by atoms with van der Waals surface area (Å²) >= 11 is 7.51. The lowest BCUT2D eigenvalue weighted by Gasteiger charge is -2.13. The molecule has 0 fully saturated rings. The van der Waals surface area contributed by atoms with Gasteiger partial charge in [-0.2, -0.15) is 11.8 Å². The van der Waals surface area contributed by atoms with Crippen molar-refractivity contribution in [2.24, 2.45) is 0 Å². The number of hydrogen-bond donors (Lipinski definition) is 3. The van der Waals surface area contributed by atoms with Crippen LogP contribution in [0.3, 0.4) is 0 Å². The second-order valence-corrected chi connectivity index (χ2v) is 5.47. The van der Waals surface area contributed by atoms with Crippen LogP contribution in [0.4, 0.5) is 4.79 Å². The van der Waals surface area contributed by atoms with Crippen LogP contribution in [-0.4, -0.2) is 36.2 Å². The molecule has 1 atom stereocenters. The third-order valence-corrected chi connectivity index (χ3v) is 3.47. The zero-order valence-electron chi connectivity index (χ0n) is 10.9. The second-order valence-electron chi connectivity index (χ2n) is 4.05. The topological polar surface area (TPSA) is 61.4 Å². The molecule has 1 rings (SSSR count). The lowest BCUT2D eigenvalue weighted by Crippen LogP contribution is -2.38. The van der Waals surface area contributed by atoms with Crippen LogP contribution < -0.4 is 10.6 Å². The van der Waals surface area contributed by atoms with Gasteiger partial charge in [0.05, 0.1) is 6.10 Å². The number of hydrogen-bond acceptors (Lipinski definition) is 3. The number of rotatable bonds is 7. The predicted octanol–water partition coefficient (Wildman–Crippen LogP) is 2.43. The Labute approximate surface area is 122 Å². The molecule has 0 bridgehead atoms. The molecule has 0 aliphatic heterocycles. The maximum absolute atomic E-state index is 11.4. The summed E-state index contributed by atoms with van der Waals surface area (Å²) in [5, 5.41) is 15.9. The minimum atomic E-state index is -0.728. The lowest BCUT2D eigenvalue weighted by molar-refractivity contribution is 0.173. The summed E-state index contributed by atoms with van der Waals surface area (Å²) in [5.41, 5.74) is 0.729. The number of benzene rings is 1. The Hall–Kier alpha value is -0.910. The van der Waals surface area contributed by atoms with E-state index in [2.05, 4.69) is 10.6 Å². The van der Waals surface area contributed by atoms with E-state index in [4.69, 9.17) is 11.6 Å². The van der Waals surface area contributed by atoms with Crippen molar-refractivity contribution in [2.45, 2.75) is 12.5 Å². The number of urea groups is 1. The van der Waals surface area contributed by atoms with E-state index in [1.165, 1.54) is 0 Å². The number of carbonyl (C=O) groups is 1. The first-order valence-electron chi connectivity index (χ1n) is 6.07. The molecular weight excluding hydrogens is 284 g/mol. The minimum Gasteiger partial charge on any atom is -0.387 e. The summed E-state index contributed by atoms with van der Waals surface area (Å²) in [7, 11) is 0. The van der Waals surface area contributed by atoms with Gasteiger partial charge in [-0.1, -0.05) is 23.7 Å². The van der Waals surface area contributed by atoms with E-state index in [9.17, 15) is 9.90 Å². The summed E-state index contributed by atoms with van der Waals surface area (Å²) < 4.78 is 0. The number of thioether (sulfide) groups is 1. The smallest absolute Gasteiger partial charge is 0.314 e. The molecule has 0 aliphatic carbocycles. The summed E-state index contributed by atoms with van der Waals surface area (Å²) in [6.45, 7) is 0.819. The Kier molecular flexibility index (Phi) is 7.70. The molecule has 0 spiro atoms. The van der Waals surface area contributed by atoms with E-state index in [0.29, 0.717) is 11.6 Å². The van der Waals surface area contributed by atoms with Gasteiger partial charge in [0.2, 0.25) is 0 Å². The normalized spacial score (nSPS) is 11.9. The number of aliphatic hydroxyl groups excluding tert-OH is 1. The van der Waals surface area contributed by atoms with Crippen LogP contribution in [0, 0.1) is 0 Å². The van der Waals surface area contributed by atoms with Crippen molar-refractivity contribution < 1.29 is 9.90 Å². The van der Waals surface area contributed by atoms with Gasteiger partial charge in [-0.05, 0) is 36.1 Å². The Balaban J connectivity index is 2.24. The fraction of sp³-hybridized carbons (Fsp3) is 0.462. The van der Waals surface area contributed by atoms with Crippen molar-refractivity contribution in [2.75, 3.05) is 25.1 Å². The molecule has 0 aliphatic rings. The second kappa shape index (κ2) is 9.07. The summed E-state index contributed by atoms with van der Waals surface area (Å²) in [4.78, 5) is 11.4. The van der Waals surface area contributed by atoms with E-state index in [1.54, 1.807) is 36.0 Å². The predicted molar refractivity (Wildman–Crippen MR) is 80.8 cm³/mol. The van der Waals surface area contributed by atoms with Crippen LogP contribution >= 0.6 is 23.4 Å². The molecule has 19 heavy (non-hydrogen) atoms. The molecule has 3 N–H and O–H groups in total. The molecule has 1 aromatic rings. The van der Waals surface area contributed by atoms with Crippen LogP contribution in [-0.2, 0) is 0 Å². The van der Waals surface area contributed by atoms with Gasteiger partial charge in [0.15, 0.2) is 0 Å². The van der Waals surface area contributed by atoms with Crippen LogP contribution in [0.2, 0.25) is 5.02 Å². The molecule has 2 amide bonds. The molecule has 1 unspecified atom stereocenters. The van der Waals surface area contributed by atoms with Crippen LogP contribution in [0.1, 0.15) is 18.1 Å². The average molecular weight is 303 g/mol. The number of amides is 2. The quantitative estimate of drug-likeness (QED) is 0.678. The van der Waals surface area contributed by atoms with E-state index >= 15 is 0 Å². The van der Waals surface area contributed by atoms with Crippen molar-refractivity contribution in [1.82, 2.24) is 10.6 Å². The fourth-order valence-corrected chi connectivity index (χ4v) is 2.03. The molecule has 1 aromatic carbocycles. The first kappa shape index (κ1) is 16.1. The van der Waals surface area contributed by atoms with Crippen LogP contribution in [0.25, 0.3) is 0 Å². The Bertz CT molecular complexity index is 387. The summed E-state index contributed by atoms with van der Waals surface area (Å²) in [6.07, 6.45) is 2.24. The van der Waals surface area contributed by atoms with Crippen molar-refractivity contribution in [3.8, 4) is 0 Å². The molecular formula is C13H19ClN2O2S. The van der Waals surface area contributed by atoms with Gasteiger partial charge in [0.25, 0.3) is 0 Å². The Morgan fingerprint density at radius 3 is 2.68 bits per heavy atom. The first-order valence-corrected chi connectivity index (χ1v) is 7.85. The fourth-order valence-electron chi connectivity index (χ4n) is 1.47. The van der Waals surface area contributed by atoms with E-state index in [-0.39, 0.29) is 12.6 Å². The van der Waals surface area contributed by atoms with Crippen molar-refractivity contribution >= 4 is 29.4 Å². The molecule has 0 saturated carbocycles. The highest BCUT2D eigenvalue weighted by Crippen LogP contribution is 2.15. The Morgan fingerprint density at radius 1 is 1.37 bits per heavy atom. The van der Waals surface area contributed by atoms with Crippen molar-refractivity contribution in [1.29, 1.82) is 0 Å². The first-order chi connectivity index (χ1) is 9.13. The molecule has 4 nitrogen and oxygen atoms in total. The average Bonchev–Trinajstić information content (AvgIpc) is 2.42. The number of halogens is 1. The van der Waals surface area contributed by atoms with Crippen LogP contribution in [0.15, 0.2) is 24.3 Å². The highest BCUT2D eigenvalue weighted by atomic mass is 35.5. The zero-order valence-corrected chi connectivity index (χ0v) is 12.4. The highest BCUT2D eigenvalue weighted by molar-refractivity contribution is 7.98. The monoisotopic (exact) mass is 302 g/mol. The van der Waals surface area contributed by atoms with E-state index in [1.807, 2.05) is 6.26 Å². The highest BCUT2D eigenvalue weighted by Gasteiger charge is 2.08. The number of nitrogens with one attached hydrogen (secondary N) is 2. The summed E-state index contributed by atoms with van der Waals surface area (Å²) in [6, 6.07) is 6.65. The van der Waals surface area contributed by atoms with Gasteiger partial charge in [-0.15, -0.1) is 0 Å². The molecule has 0 radical (unpaired) electrons. The van der Waals surface area contributed by atoms with E-state index < -0.39 is 6.10 Å². The van der Waals surface area contributed by atoms with Crippen molar-refractivity contribution in [3.05, 3.63) is 34.9 Å². The van der Waals surface area contributed by atoms with Crippen molar-refractivity contribution in [3.63, 3.8) is 0 Å². The number of aliphatic hydroxyl groups is 1. The van der Waals surface area contributed by atoms with Gasteiger partial charge >= 0.3 is 6.03 Å². The van der Waals surface area contributed by atoms with Gasteiger partial charge < -0.3 is 15.7 Å². The molecule has 106 valence electrons. The zero-order chi connectivity index (χ0) is 14.1. The molecule has 0 heterocycles. The van der Waals surface area contributed by atoms with E-state index in [0.717, 1.165) is 17.7 Å². The minimum absolute atomic E-state index is 0.177. The molecule has 0 aromatic heterocycles. The van der Waals surface area contributed by atoms with Crippen LogP contribution in [0.5, 0.6) is 0 Å². The SMILES string of the molecule is CSCCCNC(=O)NCC(O)c1ccc(Cl)cc1. The third kappa shape index (κ3) is 6.71. The maximum atomic E-state index is 11.4. The maximum Gasteiger partial charge on any atom is 0.314 e. The van der Waals surface area contributed by atoms with Gasteiger partial charge in [-0.3, -0.25) is 0 Å². The standard InChI is InChI=1S/C13H19ClN2O2S/c1-19-8-2-7-15-13(18)16-9-12(17)10-3-5-11(14)6-4-10/h3-6,12,17H,2,7-9H2,1H3,(H2,15,16,18). The third-order valence-electron chi connectivity index (χ3n) is 2.52. The Morgan fingerprint density at radius 2 is 2.05 bits per heavy atom. The number of carbonyl (C=O) groups excluding carboxylic acids is 1. The van der Waals surface area contributed by atoms with Gasteiger partial charge in [-0.25, -0.2) is 4.79 Å². The molecule has 0 saturated heterocycles. The van der Waals surface area contributed by atoms with Gasteiger partial charge in [0, 0.05) is 18.1 Å². The summed E-state index contributed by atoms with van der Waals surface area (Å²) in [5.74, 6) is 1.02. The van der Waals surface area contributed by atoms with Gasteiger partial charge in [0.1, 0.15) is 0 Å². The molecule has 6 heteroatoms.